The normalized spacial score (nSPS) is 15.1. The SMILES string of the molecule is CC(C)c1ccc(C2C(C#N)=C(N)Oc3cc(OC(=O)/C=C/c4ccccc4Cl)ccc32)cc1. The predicted octanol–water partition coefficient (Wildman–Crippen LogP) is 6.30. The highest BCUT2D eigenvalue weighted by Gasteiger charge is 2.31. The first kappa shape index (κ1) is 23.2. The molecule has 5 nitrogen and oxygen atoms in total. The molecule has 1 heterocycles. The topological polar surface area (TPSA) is 85.3 Å². The molecule has 3 aromatic carbocycles. The zero-order valence-corrected chi connectivity index (χ0v) is 19.5. The molecule has 1 aliphatic heterocycles. The maximum atomic E-state index is 12.3. The van der Waals surface area contributed by atoms with E-state index < -0.39 is 5.97 Å². The third kappa shape index (κ3) is 4.83. The Hall–Kier alpha value is -4.01. The number of fused-ring (bicyclic) bond motifs is 1. The van der Waals surface area contributed by atoms with Crippen molar-refractivity contribution in [3.05, 3.63) is 112 Å². The molecule has 6 heteroatoms. The molecule has 0 bridgehead atoms. The minimum Gasteiger partial charge on any atom is -0.440 e. The van der Waals surface area contributed by atoms with E-state index in [0.29, 0.717) is 33.6 Å². The van der Waals surface area contributed by atoms with Crippen molar-refractivity contribution in [3.8, 4) is 17.6 Å². The number of hydrogen-bond donors (Lipinski definition) is 1. The molecule has 0 fully saturated rings. The van der Waals surface area contributed by atoms with Crippen LogP contribution in [-0.4, -0.2) is 5.97 Å². The van der Waals surface area contributed by atoms with Crippen molar-refractivity contribution in [1.82, 2.24) is 0 Å². The van der Waals surface area contributed by atoms with Crippen LogP contribution in [0.4, 0.5) is 0 Å². The maximum absolute atomic E-state index is 12.3. The Morgan fingerprint density at radius 2 is 1.88 bits per heavy atom. The Kier molecular flexibility index (Phi) is 6.72. The van der Waals surface area contributed by atoms with Gasteiger partial charge in [0.1, 0.15) is 23.1 Å². The first-order chi connectivity index (χ1) is 16.4. The summed E-state index contributed by atoms with van der Waals surface area (Å²) in [7, 11) is 0. The number of rotatable bonds is 5. The molecule has 170 valence electrons. The van der Waals surface area contributed by atoms with Crippen molar-refractivity contribution in [3.63, 3.8) is 0 Å². The van der Waals surface area contributed by atoms with E-state index in [2.05, 4.69) is 32.0 Å². The number of halogens is 1. The average molecular weight is 471 g/mol. The van der Waals surface area contributed by atoms with Crippen LogP contribution >= 0.6 is 11.6 Å². The van der Waals surface area contributed by atoms with Crippen LogP contribution in [0.3, 0.4) is 0 Å². The summed E-state index contributed by atoms with van der Waals surface area (Å²) in [5.41, 5.74) is 10.1. The standard InChI is InChI=1S/C28H23ClN2O3/c1-17(2)18-7-9-20(10-8-18)27-22-13-12-21(15-25(22)34-28(31)23(27)16-30)33-26(32)14-11-19-5-3-4-6-24(19)29/h3-15,17,27H,31H2,1-2H3/b14-11+. The number of carbonyl (C=O) groups excluding carboxylic acids is 1. The Morgan fingerprint density at radius 1 is 1.15 bits per heavy atom. The second-order valence-electron chi connectivity index (χ2n) is 8.22. The average Bonchev–Trinajstić information content (AvgIpc) is 2.82. The van der Waals surface area contributed by atoms with Crippen molar-refractivity contribution >= 4 is 23.6 Å². The van der Waals surface area contributed by atoms with Crippen LogP contribution in [0.1, 0.15) is 47.9 Å². The quantitative estimate of drug-likeness (QED) is 0.268. The molecule has 2 N–H and O–H groups in total. The summed E-state index contributed by atoms with van der Waals surface area (Å²) in [4.78, 5) is 12.3. The van der Waals surface area contributed by atoms with Crippen LogP contribution in [0.2, 0.25) is 5.02 Å². The Morgan fingerprint density at radius 3 is 2.56 bits per heavy atom. The Balaban J connectivity index is 1.60. The molecular formula is C28H23ClN2O3. The smallest absolute Gasteiger partial charge is 0.336 e. The van der Waals surface area contributed by atoms with Crippen molar-refractivity contribution in [2.24, 2.45) is 5.73 Å². The van der Waals surface area contributed by atoms with E-state index in [1.165, 1.54) is 11.6 Å². The highest BCUT2D eigenvalue weighted by Crippen LogP contribution is 2.43. The van der Waals surface area contributed by atoms with Gasteiger partial charge in [0, 0.05) is 22.7 Å². The number of hydrogen-bond acceptors (Lipinski definition) is 5. The second-order valence-corrected chi connectivity index (χ2v) is 8.63. The molecule has 0 spiro atoms. The number of ether oxygens (including phenoxy) is 2. The fourth-order valence-electron chi connectivity index (χ4n) is 3.83. The van der Waals surface area contributed by atoms with Crippen molar-refractivity contribution in [1.29, 1.82) is 5.26 Å². The fourth-order valence-corrected chi connectivity index (χ4v) is 4.03. The minimum atomic E-state index is -0.558. The molecule has 0 aromatic heterocycles. The molecule has 0 radical (unpaired) electrons. The van der Waals surface area contributed by atoms with E-state index in [-0.39, 0.29) is 11.8 Å². The van der Waals surface area contributed by atoms with E-state index in [0.717, 1.165) is 11.1 Å². The minimum absolute atomic E-state index is 0.0371. The molecule has 0 aliphatic carbocycles. The van der Waals surface area contributed by atoms with E-state index in [1.807, 2.05) is 24.3 Å². The van der Waals surface area contributed by atoms with Crippen LogP contribution in [-0.2, 0) is 4.79 Å². The van der Waals surface area contributed by atoms with Gasteiger partial charge in [-0.05, 0) is 40.8 Å². The number of nitriles is 1. The van der Waals surface area contributed by atoms with Gasteiger partial charge in [0.2, 0.25) is 5.88 Å². The first-order valence-electron chi connectivity index (χ1n) is 10.8. The summed E-state index contributed by atoms with van der Waals surface area (Å²) in [6.45, 7) is 4.26. The highest BCUT2D eigenvalue weighted by molar-refractivity contribution is 6.32. The number of allylic oxidation sites excluding steroid dienone is 1. The van der Waals surface area contributed by atoms with Crippen molar-refractivity contribution in [2.45, 2.75) is 25.7 Å². The summed E-state index contributed by atoms with van der Waals surface area (Å²) in [6, 6.07) is 22.6. The molecule has 4 rings (SSSR count). The Labute approximate surface area is 203 Å². The first-order valence-corrected chi connectivity index (χ1v) is 11.2. The lowest BCUT2D eigenvalue weighted by Crippen LogP contribution is -2.21. The van der Waals surface area contributed by atoms with Crippen LogP contribution < -0.4 is 15.2 Å². The summed E-state index contributed by atoms with van der Waals surface area (Å²) in [5.74, 6) is 0.244. The van der Waals surface area contributed by atoms with Gasteiger partial charge in [-0.25, -0.2) is 4.79 Å². The number of carbonyl (C=O) groups is 1. The summed E-state index contributed by atoms with van der Waals surface area (Å²) in [6.07, 6.45) is 2.90. The lowest BCUT2D eigenvalue weighted by atomic mass is 9.83. The molecule has 1 unspecified atom stereocenters. The van der Waals surface area contributed by atoms with E-state index >= 15 is 0 Å². The zero-order valence-electron chi connectivity index (χ0n) is 18.8. The van der Waals surface area contributed by atoms with Gasteiger partial charge >= 0.3 is 5.97 Å². The maximum Gasteiger partial charge on any atom is 0.336 e. The van der Waals surface area contributed by atoms with E-state index in [1.54, 1.807) is 36.4 Å². The van der Waals surface area contributed by atoms with Crippen LogP contribution in [0.25, 0.3) is 6.08 Å². The van der Waals surface area contributed by atoms with Gasteiger partial charge in [-0.2, -0.15) is 5.26 Å². The van der Waals surface area contributed by atoms with Crippen molar-refractivity contribution in [2.75, 3.05) is 0 Å². The number of nitrogens with zero attached hydrogens (tertiary/aromatic N) is 1. The third-order valence-electron chi connectivity index (χ3n) is 5.65. The fraction of sp³-hybridized carbons (Fsp3) is 0.143. The van der Waals surface area contributed by atoms with Gasteiger partial charge in [-0.1, -0.05) is 74.0 Å². The summed E-state index contributed by atoms with van der Waals surface area (Å²) < 4.78 is 11.2. The van der Waals surface area contributed by atoms with Gasteiger partial charge in [0.25, 0.3) is 0 Å². The molecule has 0 saturated carbocycles. The van der Waals surface area contributed by atoms with Crippen molar-refractivity contribution < 1.29 is 14.3 Å². The number of benzene rings is 3. The molecule has 34 heavy (non-hydrogen) atoms. The monoisotopic (exact) mass is 470 g/mol. The third-order valence-corrected chi connectivity index (χ3v) is 5.99. The van der Waals surface area contributed by atoms with Crippen LogP contribution in [0.15, 0.2) is 84.3 Å². The molecular weight excluding hydrogens is 448 g/mol. The Bertz CT molecular complexity index is 1330. The molecule has 3 aromatic rings. The van der Waals surface area contributed by atoms with E-state index in [4.69, 9.17) is 26.8 Å². The largest absolute Gasteiger partial charge is 0.440 e. The number of esters is 1. The van der Waals surface area contributed by atoms with Gasteiger partial charge < -0.3 is 15.2 Å². The van der Waals surface area contributed by atoms with Gasteiger partial charge in [0.05, 0.1) is 5.92 Å². The predicted molar refractivity (Wildman–Crippen MR) is 132 cm³/mol. The van der Waals surface area contributed by atoms with Crippen LogP contribution in [0, 0.1) is 11.3 Å². The van der Waals surface area contributed by atoms with Gasteiger partial charge in [0.15, 0.2) is 0 Å². The zero-order chi connectivity index (χ0) is 24.2. The van der Waals surface area contributed by atoms with Gasteiger partial charge in [-0.3, -0.25) is 0 Å². The second kappa shape index (κ2) is 9.86. The van der Waals surface area contributed by atoms with E-state index in [9.17, 15) is 10.1 Å². The summed E-state index contributed by atoms with van der Waals surface area (Å²) in [5, 5.41) is 10.3. The summed E-state index contributed by atoms with van der Waals surface area (Å²) >= 11 is 6.11. The molecule has 0 saturated heterocycles. The van der Waals surface area contributed by atoms with Crippen LogP contribution in [0.5, 0.6) is 11.5 Å². The molecule has 1 atom stereocenters. The molecule has 1 aliphatic rings. The lowest BCUT2D eigenvalue weighted by Gasteiger charge is -2.27. The highest BCUT2D eigenvalue weighted by atomic mass is 35.5. The molecule has 0 amide bonds. The van der Waals surface area contributed by atoms with Gasteiger partial charge in [-0.15, -0.1) is 0 Å². The number of nitrogens with two attached hydrogens (primary N) is 1. The lowest BCUT2D eigenvalue weighted by molar-refractivity contribution is -0.128.